The third-order valence-electron chi connectivity index (χ3n) is 10.8. The van der Waals surface area contributed by atoms with Gasteiger partial charge in [-0.05, 0) is 105 Å². The second-order valence-corrected chi connectivity index (χ2v) is 14.2. The van der Waals surface area contributed by atoms with Crippen molar-refractivity contribution in [3.8, 4) is 50.2 Å². The summed E-state index contributed by atoms with van der Waals surface area (Å²) in [5.41, 5.74) is 16.5. The number of benzene rings is 9. The molecule has 0 fully saturated rings. The maximum atomic E-state index is 2.38. The zero-order chi connectivity index (χ0) is 37.3. The first-order valence-electron chi connectivity index (χ1n) is 19.2. The van der Waals surface area contributed by atoms with Gasteiger partial charge in [-0.25, -0.2) is 0 Å². The van der Waals surface area contributed by atoms with Crippen molar-refractivity contribution in [3.05, 3.63) is 231 Å². The second-order valence-electron chi connectivity index (χ2n) is 14.2. The minimum Gasteiger partial charge on any atom is -0.311 e. The van der Waals surface area contributed by atoms with E-state index in [0.29, 0.717) is 0 Å². The van der Waals surface area contributed by atoms with Gasteiger partial charge in [-0.1, -0.05) is 170 Å². The highest BCUT2D eigenvalue weighted by molar-refractivity contribution is 6.09. The zero-order valence-corrected chi connectivity index (χ0v) is 30.8. The number of para-hydroxylation sites is 2. The van der Waals surface area contributed by atoms with Gasteiger partial charge in [-0.3, -0.25) is 0 Å². The Balaban J connectivity index is 0.952. The molecule has 1 heterocycles. The molecule has 0 unspecified atom stereocenters. The van der Waals surface area contributed by atoms with E-state index in [2.05, 4.69) is 240 Å². The van der Waals surface area contributed by atoms with E-state index in [4.69, 9.17) is 0 Å². The van der Waals surface area contributed by atoms with Crippen LogP contribution >= 0.6 is 0 Å². The molecule has 2 heteroatoms. The van der Waals surface area contributed by atoms with Gasteiger partial charge in [-0.2, -0.15) is 0 Å². The van der Waals surface area contributed by atoms with E-state index < -0.39 is 0 Å². The van der Waals surface area contributed by atoms with Crippen molar-refractivity contribution >= 4 is 38.9 Å². The summed E-state index contributed by atoms with van der Waals surface area (Å²) in [6.07, 6.45) is 0. The smallest absolute Gasteiger partial charge is 0.0541 e. The summed E-state index contributed by atoms with van der Waals surface area (Å²) in [5.74, 6) is 0. The molecule has 0 aliphatic heterocycles. The highest BCUT2D eigenvalue weighted by atomic mass is 15.1. The summed E-state index contributed by atoms with van der Waals surface area (Å²) in [5, 5.41) is 2.54. The predicted molar refractivity (Wildman–Crippen MR) is 237 cm³/mol. The third-order valence-corrected chi connectivity index (χ3v) is 10.8. The molecule has 9 aromatic carbocycles. The van der Waals surface area contributed by atoms with Crippen LogP contribution in [0.1, 0.15) is 0 Å². The van der Waals surface area contributed by atoms with Gasteiger partial charge in [-0.15, -0.1) is 0 Å². The summed E-state index contributed by atoms with van der Waals surface area (Å²) in [7, 11) is 0. The number of rotatable bonds is 8. The quantitative estimate of drug-likeness (QED) is 0.152. The molecule has 0 radical (unpaired) electrons. The van der Waals surface area contributed by atoms with Gasteiger partial charge in [0.2, 0.25) is 0 Å². The molecule has 0 spiro atoms. The molecule has 264 valence electrons. The number of fused-ring (bicyclic) bond motifs is 3. The largest absolute Gasteiger partial charge is 0.311 e. The molecule has 0 saturated heterocycles. The van der Waals surface area contributed by atoms with E-state index in [1.54, 1.807) is 0 Å². The van der Waals surface area contributed by atoms with E-state index in [0.717, 1.165) is 22.7 Å². The summed E-state index contributed by atoms with van der Waals surface area (Å²) in [6, 6.07) is 82.9. The molecule has 10 rings (SSSR count). The lowest BCUT2D eigenvalue weighted by atomic mass is 9.99. The number of hydrogen-bond acceptors (Lipinski definition) is 1. The Morgan fingerprint density at radius 3 is 1.00 bits per heavy atom. The molecule has 0 aliphatic rings. The Morgan fingerprint density at radius 1 is 0.250 bits per heavy atom. The Bertz CT molecular complexity index is 2770. The molecule has 0 amide bonds. The average Bonchev–Trinajstić information content (AvgIpc) is 3.62. The van der Waals surface area contributed by atoms with Gasteiger partial charge in [0.25, 0.3) is 0 Å². The zero-order valence-electron chi connectivity index (χ0n) is 30.8. The molecule has 2 nitrogen and oxygen atoms in total. The first-order valence-corrected chi connectivity index (χ1v) is 19.2. The van der Waals surface area contributed by atoms with Gasteiger partial charge in [0, 0.05) is 33.5 Å². The monoisotopic (exact) mass is 714 g/mol. The molecular weight excluding hydrogens is 677 g/mol. The van der Waals surface area contributed by atoms with Crippen LogP contribution in [0.15, 0.2) is 231 Å². The molecule has 10 aromatic rings. The lowest BCUT2D eigenvalue weighted by Gasteiger charge is -2.26. The van der Waals surface area contributed by atoms with Crippen LogP contribution < -0.4 is 4.90 Å². The van der Waals surface area contributed by atoms with E-state index >= 15 is 0 Å². The molecular formula is C54H38N2. The van der Waals surface area contributed by atoms with Crippen LogP contribution in [0.4, 0.5) is 17.1 Å². The van der Waals surface area contributed by atoms with Crippen LogP contribution in [-0.2, 0) is 0 Å². The fourth-order valence-corrected chi connectivity index (χ4v) is 8.00. The van der Waals surface area contributed by atoms with E-state index in [9.17, 15) is 0 Å². The van der Waals surface area contributed by atoms with Crippen molar-refractivity contribution in [2.75, 3.05) is 4.90 Å². The topological polar surface area (TPSA) is 8.17 Å². The van der Waals surface area contributed by atoms with Crippen molar-refractivity contribution in [2.24, 2.45) is 0 Å². The van der Waals surface area contributed by atoms with Gasteiger partial charge in [0.15, 0.2) is 0 Å². The Labute approximate surface area is 327 Å². The van der Waals surface area contributed by atoms with Crippen molar-refractivity contribution in [3.63, 3.8) is 0 Å². The molecule has 0 aliphatic carbocycles. The summed E-state index contributed by atoms with van der Waals surface area (Å²) >= 11 is 0. The molecule has 0 saturated carbocycles. The third kappa shape index (κ3) is 6.24. The number of anilines is 3. The molecule has 1 aromatic heterocycles. The van der Waals surface area contributed by atoms with E-state index in [-0.39, 0.29) is 0 Å². The standard InChI is InChI=1S/C54H38N2/c1-3-12-39(13-4-1)42-26-32-47(33-27-42)55(48-34-28-43(29-35-48)40-14-5-2-6-15-40)49-36-30-44(31-37-49)41-22-24-45(25-23-41)46-16-11-17-50(38-46)56-53-20-9-7-18-51(53)52-19-8-10-21-54(52)56/h1-38H. The van der Waals surface area contributed by atoms with Crippen molar-refractivity contribution in [1.82, 2.24) is 4.57 Å². The maximum absolute atomic E-state index is 2.38. The summed E-state index contributed by atoms with van der Waals surface area (Å²) in [4.78, 5) is 2.33. The van der Waals surface area contributed by atoms with Crippen LogP contribution in [0.2, 0.25) is 0 Å². The highest BCUT2D eigenvalue weighted by Crippen LogP contribution is 2.38. The lowest BCUT2D eigenvalue weighted by molar-refractivity contribution is 1.18. The van der Waals surface area contributed by atoms with Crippen LogP contribution in [-0.4, -0.2) is 4.57 Å². The van der Waals surface area contributed by atoms with Crippen molar-refractivity contribution in [2.45, 2.75) is 0 Å². The SMILES string of the molecule is c1ccc(-c2ccc(N(c3ccc(-c4ccccc4)cc3)c3ccc(-c4ccc(-c5cccc(-n6c7ccccc7c7ccccc76)c5)cc4)cc3)cc2)cc1. The van der Waals surface area contributed by atoms with Gasteiger partial charge in [0.05, 0.1) is 11.0 Å². The molecule has 0 bridgehead atoms. The Kier molecular flexibility index (Phi) is 8.55. The van der Waals surface area contributed by atoms with Crippen LogP contribution in [0.25, 0.3) is 72.0 Å². The highest BCUT2D eigenvalue weighted by Gasteiger charge is 2.15. The molecule has 0 N–H and O–H groups in total. The van der Waals surface area contributed by atoms with Crippen LogP contribution in [0, 0.1) is 0 Å². The van der Waals surface area contributed by atoms with Gasteiger partial charge in [0.1, 0.15) is 0 Å². The normalized spacial score (nSPS) is 11.2. The minimum atomic E-state index is 1.10. The maximum Gasteiger partial charge on any atom is 0.0541 e. The second kappa shape index (κ2) is 14.4. The first kappa shape index (κ1) is 33.2. The summed E-state index contributed by atoms with van der Waals surface area (Å²) < 4.78 is 2.38. The first-order chi connectivity index (χ1) is 27.8. The minimum absolute atomic E-state index is 1.10. The fraction of sp³-hybridized carbons (Fsp3) is 0. The Morgan fingerprint density at radius 2 is 0.571 bits per heavy atom. The van der Waals surface area contributed by atoms with Crippen molar-refractivity contribution in [1.29, 1.82) is 0 Å². The van der Waals surface area contributed by atoms with Gasteiger partial charge >= 0.3 is 0 Å². The molecule has 0 atom stereocenters. The van der Waals surface area contributed by atoms with E-state index in [1.807, 2.05) is 0 Å². The number of nitrogens with zero attached hydrogens (tertiary/aromatic N) is 2. The van der Waals surface area contributed by atoms with E-state index in [1.165, 1.54) is 66.3 Å². The van der Waals surface area contributed by atoms with Gasteiger partial charge < -0.3 is 9.47 Å². The fourth-order valence-electron chi connectivity index (χ4n) is 8.00. The average molecular weight is 715 g/mol. The van der Waals surface area contributed by atoms with Crippen LogP contribution in [0.3, 0.4) is 0 Å². The number of hydrogen-bond donors (Lipinski definition) is 0. The lowest BCUT2D eigenvalue weighted by Crippen LogP contribution is -2.09. The number of aromatic nitrogens is 1. The predicted octanol–water partition coefficient (Wildman–Crippen LogP) is 14.9. The molecule has 56 heavy (non-hydrogen) atoms. The van der Waals surface area contributed by atoms with Crippen LogP contribution in [0.5, 0.6) is 0 Å². The van der Waals surface area contributed by atoms with Crippen molar-refractivity contribution < 1.29 is 0 Å². The summed E-state index contributed by atoms with van der Waals surface area (Å²) in [6.45, 7) is 0. The Hall–Kier alpha value is -7.42.